The number of rotatable bonds is 6. The average Bonchev–Trinajstić information content (AvgIpc) is 2.33. The Hall–Kier alpha value is -1.89. The Bertz CT molecular complexity index is 506. The van der Waals surface area contributed by atoms with E-state index in [-0.39, 0.29) is 12.2 Å². The maximum Gasteiger partial charge on any atom is 0.325 e. The highest BCUT2D eigenvalue weighted by molar-refractivity contribution is 5.93. The first-order valence-corrected chi connectivity index (χ1v) is 5.74. The van der Waals surface area contributed by atoms with Crippen molar-refractivity contribution in [3.05, 3.63) is 32.6 Å². The number of hydrogen-bond acceptors (Lipinski definition) is 4. The highest BCUT2D eigenvalue weighted by Gasteiger charge is 2.15. The molecule has 1 heterocycles. The summed E-state index contributed by atoms with van der Waals surface area (Å²) < 4.78 is 0. The molecule has 0 aliphatic heterocycles. The smallest absolute Gasteiger partial charge is 0.325 e. The lowest BCUT2D eigenvalue weighted by molar-refractivity contribution is 0.0790. The summed E-state index contributed by atoms with van der Waals surface area (Å²) in [6.45, 7) is 0.634. The molecular weight excluding hydrogens is 238 g/mol. The first-order chi connectivity index (χ1) is 8.56. The van der Waals surface area contributed by atoms with E-state index >= 15 is 0 Å². The van der Waals surface area contributed by atoms with E-state index in [1.165, 1.54) is 4.90 Å². The fraction of sp³-hybridized carbons (Fsp3) is 0.545. The Kier molecular flexibility index (Phi) is 5.31. The quantitative estimate of drug-likeness (QED) is 0.584. The second kappa shape index (κ2) is 6.75. The number of nitrogens with zero attached hydrogens (tertiary/aromatic N) is 1. The van der Waals surface area contributed by atoms with E-state index in [1.54, 1.807) is 7.05 Å². The van der Waals surface area contributed by atoms with Crippen molar-refractivity contribution >= 4 is 5.91 Å². The number of carbonyl (C=O) groups is 1. The molecule has 0 unspecified atom stereocenters. The predicted molar refractivity (Wildman–Crippen MR) is 65.6 cm³/mol. The molecule has 0 saturated carbocycles. The van der Waals surface area contributed by atoms with Crippen molar-refractivity contribution in [3.8, 4) is 0 Å². The molecule has 0 fully saturated rings. The van der Waals surface area contributed by atoms with Gasteiger partial charge in [-0.3, -0.25) is 14.6 Å². The third-order valence-electron chi connectivity index (χ3n) is 2.55. The first kappa shape index (κ1) is 14.2. The monoisotopic (exact) mass is 255 g/mol. The van der Waals surface area contributed by atoms with E-state index in [0.29, 0.717) is 13.0 Å². The minimum absolute atomic E-state index is 0.0840. The fourth-order valence-corrected chi connectivity index (χ4v) is 1.51. The van der Waals surface area contributed by atoms with Gasteiger partial charge in [0.25, 0.3) is 11.5 Å². The molecule has 7 nitrogen and oxygen atoms in total. The highest BCUT2D eigenvalue weighted by Crippen LogP contribution is 2.00. The molecule has 7 heteroatoms. The van der Waals surface area contributed by atoms with E-state index in [9.17, 15) is 14.4 Å². The van der Waals surface area contributed by atoms with Crippen LogP contribution in [0, 0.1) is 0 Å². The molecule has 0 spiro atoms. The maximum atomic E-state index is 11.9. The van der Waals surface area contributed by atoms with Gasteiger partial charge in [-0.05, 0) is 19.3 Å². The van der Waals surface area contributed by atoms with Crippen LogP contribution in [0.2, 0.25) is 0 Å². The number of carbonyl (C=O) groups excluding carboxylic acids is 1. The number of aromatic amines is 2. The van der Waals surface area contributed by atoms with Crippen LogP contribution in [-0.2, 0) is 0 Å². The Morgan fingerprint density at radius 2 is 2.06 bits per heavy atom. The summed E-state index contributed by atoms with van der Waals surface area (Å²) in [5.41, 5.74) is -1.41. The lowest BCUT2D eigenvalue weighted by atomic mass is 10.2. The molecule has 0 aromatic carbocycles. The van der Waals surface area contributed by atoms with E-state index in [2.05, 4.69) is 4.98 Å². The minimum Gasteiger partial charge on any atom is -0.396 e. The van der Waals surface area contributed by atoms with Gasteiger partial charge in [0.15, 0.2) is 0 Å². The molecule has 0 aliphatic rings. The Morgan fingerprint density at radius 3 is 2.67 bits per heavy atom. The van der Waals surface area contributed by atoms with Crippen molar-refractivity contribution in [2.45, 2.75) is 19.3 Å². The van der Waals surface area contributed by atoms with E-state index in [4.69, 9.17) is 5.11 Å². The van der Waals surface area contributed by atoms with Crippen LogP contribution in [0.25, 0.3) is 0 Å². The maximum absolute atomic E-state index is 11.9. The number of unbranched alkanes of at least 4 members (excludes halogenated alkanes) is 2. The van der Waals surface area contributed by atoms with Gasteiger partial charge in [0.05, 0.1) is 0 Å². The van der Waals surface area contributed by atoms with Crippen LogP contribution in [-0.4, -0.2) is 46.1 Å². The molecule has 1 amide bonds. The molecule has 1 aromatic rings. The van der Waals surface area contributed by atoms with Crippen LogP contribution in [0.4, 0.5) is 0 Å². The van der Waals surface area contributed by atoms with E-state index < -0.39 is 17.2 Å². The van der Waals surface area contributed by atoms with Crippen LogP contribution in [0.5, 0.6) is 0 Å². The molecule has 1 aromatic heterocycles. The summed E-state index contributed by atoms with van der Waals surface area (Å²) in [4.78, 5) is 39.8. The molecule has 1 rings (SSSR count). The molecule has 100 valence electrons. The van der Waals surface area contributed by atoms with Gasteiger partial charge in [0.1, 0.15) is 5.56 Å². The van der Waals surface area contributed by atoms with Crippen molar-refractivity contribution in [1.82, 2.24) is 14.9 Å². The molecule has 0 aliphatic carbocycles. The molecule has 0 bridgehead atoms. The van der Waals surface area contributed by atoms with Gasteiger partial charge in [-0.15, -0.1) is 0 Å². The normalized spacial score (nSPS) is 10.3. The van der Waals surface area contributed by atoms with Crippen LogP contribution in [0.1, 0.15) is 29.6 Å². The average molecular weight is 255 g/mol. The zero-order chi connectivity index (χ0) is 13.5. The third-order valence-corrected chi connectivity index (χ3v) is 2.55. The summed E-state index contributed by atoms with van der Waals surface area (Å²) in [5, 5.41) is 8.62. The van der Waals surface area contributed by atoms with Crippen molar-refractivity contribution in [2.75, 3.05) is 20.2 Å². The Morgan fingerprint density at radius 1 is 1.33 bits per heavy atom. The Labute approximate surface area is 103 Å². The van der Waals surface area contributed by atoms with Crippen molar-refractivity contribution in [1.29, 1.82) is 0 Å². The third kappa shape index (κ3) is 3.85. The second-order valence-corrected chi connectivity index (χ2v) is 4.00. The zero-order valence-electron chi connectivity index (χ0n) is 10.2. The number of amides is 1. The SMILES string of the molecule is CN(CCCCCO)C(=O)c1c[nH]c(=O)[nH]c1=O. The topological polar surface area (TPSA) is 106 Å². The molecule has 0 saturated heterocycles. The standard InChI is InChI=1S/C11H17N3O4/c1-14(5-3-2-4-6-15)10(17)8-7-12-11(18)13-9(8)16/h7,15H,2-6H2,1H3,(H2,12,13,16,18). The number of nitrogens with one attached hydrogen (secondary N) is 2. The van der Waals surface area contributed by atoms with Gasteiger partial charge in [-0.1, -0.05) is 0 Å². The summed E-state index contributed by atoms with van der Waals surface area (Å²) in [7, 11) is 1.59. The van der Waals surface area contributed by atoms with Gasteiger partial charge >= 0.3 is 5.69 Å². The Balaban J connectivity index is 2.63. The zero-order valence-corrected chi connectivity index (χ0v) is 10.2. The summed E-state index contributed by atoms with van der Waals surface area (Å²) in [5.74, 6) is -0.434. The summed E-state index contributed by atoms with van der Waals surface area (Å²) in [6, 6.07) is 0. The minimum atomic E-state index is -0.689. The molecule has 0 atom stereocenters. The van der Waals surface area contributed by atoms with Crippen LogP contribution in [0.15, 0.2) is 15.8 Å². The van der Waals surface area contributed by atoms with Gasteiger partial charge < -0.3 is 15.0 Å². The number of aliphatic hydroxyl groups excluding tert-OH is 1. The van der Waals surface area contributed by atoms with Gasteiger partial charge in [-0.25, -0.2) is 4.79 Å². The van der Waals surface area contributed by atoms with E-state index in [0.717, 1.165) is 19.0 Å². The molecular formula is C11H17N3O4. The lowest BCUT2D eigenvalue weighted by Gasteiger charge is -2.16. The summed E-state index contributed by atoms with van der Waals surface area (Å²) >= 11 is 0. The lowest BCUT2D eigenvalue weighted by Crippen LogP contribution is -2.35. The van der Waals surface area contributed by atoms with Crippen LogP contribution < -0.4 is 11.2 Å². The number of aromatic nitrogens is 2. The molecule has 3 N–H and O–H groups in total. The van der Waals surface area contributed by atoms with Crippen molar-refractivity contribution < 1.29 is 9.90 Å². The largest absolute Gasteiger partial charge is 0.396 e. The van der Waals surface area contributed by atoms with Gasteiger partial charge in [0, 0.05) is 26.4 Å². The fourth-order valence-electron chi connectivity index (χ4n) is 1.51. The van der Waals surface area contributed by atoms with Crippen LogP contribution >= 0.6 is 0 Å². The summed E-state index contributed by atoms with van der Waals surface area (Å²) in [6.07, 6.45) is 3.38. The van der Waals surface area contributed by atoms with Crippen molar-refractivity contribution in [2.24, 2.45) is 0 Å². The van der Waals surface area contributed by atoms with Crippen LogP contribution in [0.3, 0.4) is 0 Å². The first-order valence-electron chi connectivity index (χ1n) is 5.74. The van der Waals surface area contributed by atoms with E-state index in [1.807, 2.05) is 4.98 Å². The number of H-pyrrole nitrogens is 2. The number of aliphatic hydroxyl groups is 1. The van der Waals surface area contributed by atoms with Gasteiger partial charge in [-0.2, -0.15) is 0 Å². The number of hydrogen-bond donors (Lipinski definition) is 3. The second-order valence-electron chi connectivity index (χ2n) is 4.00. The molecule has 18 heavy (non-hydrogen) atoms. The highest BCUT2D eigenvalue weighted by atomic mass is 16.3. The predicted octanol–water partition coefficient (Wildman–Crippen LogP) is -0.702. The van der Waals surface area contributed by atoms with Crippen molar-refractivity contribution in [3.63, 3.8) is 0 Å². The molecule has 0 radical (unpaired) electrons. The van der Waals surface area contributed by atoms with Gasteiger partial charge in [0.2, 0.25) is 0 Å².